The SMILES string of the molecule is COC(=O)C12CCCC(C(=O)OC)(C1)C2=O. The van der Waals surface area contributed by atoms with Crippen molar-refractivity contribution in [3.63, 3.8) is 0 Å². The van der Waals surface area contributed by atoms with Crippen molar-refractivity contribution < 1.29 is 23.9 Å². The Labute approximate surface area is 93.1 Å². The molecule has 0 aromatic carbocycles. The average molecular weight is 226 g/mol. The maximum absolute atomic E-state index is 12.1. The maximum atomic E-state index is 12.1. The second-order valence-electron chi connectivity index (χ2n) is 4.51. The normalized spacial score (nSPS) is 36.2. The van der Waals surface area contributed by atoms with Crippen LogP contribution in [0.25, 0.3) is 0 Å². The summed E-state index contributed by atoms with van der Waals surface area (Å²) in [5, 5.41) is 0. The summed E-state index contributed by atoms with van der Waals surface area (Å²) in [6, 6.07) is 0. The highest BCUT2D eigenvalue weighted by molar-refractivity contribution is 6.20. The molecule has 88 valence electrons. The van der Waals surface area contributed by atoms with Gasteiger partial charge in [0.15, 0.2) is 5.78 Å². The van der Waals surface area contributed by atoms with Crippen LogP contribution in [0.1, 0.15) is 25.7 Å². The quantitative estimate of drug-likeness (QED) is 0.505. The molecule has 0 amide bonds. The second kappa shape index (κ2) is 3.30. The molecular formula is C11H14O5. The molecule has 0 N–H and O–H groups in total. The van der Waals surface area contributed by atoms with E-state index in [0.29, 0.717) is 19.3 Å². The molecule has 0 aromatic rings. The van der Waals surface area contributed by atoms with Crippen LogP contribution < -0.4 is 0 Å². The van der Waals surface area contributed by atoms with Crippen molar-refractivity contribution in [2.75, 3.05) is 14.2 Å². The minimum Gasteiger partial charge on any atom is -0.468 e. The molecule has 0 aromatic heterocycles. The van der Waals surface area contributed by atoms with Gasteiger partial charge in [-0.15, -0.1) is 0 Å². The lowest BCUT2D eigenvalue weighted by atomic mass is 9.44. The fourth-order valence-corrected chi connectivity index (χ4v) is 3.05. The smallest absolute Gasteiger partial charge is 0.319 e. The largest absolute Gasteiger partial charge is 0.468 e. The summed E-state index contributed by atoms with van der Waals surface area (Å²) < 4.78 is 9.30. The summed E-state index contributed by atoms with van der Waals surface area (Å²) in [6.07, 6.45) is 1.89. The van der Waals surface area contributed by atoms with E-state index in [0.717, 1.165) is 0 Å². The van der Waals surface area contributed by atoms with Gasteiger partial charge in [0.05, 0.1) is 14.2 Å². The number of fused-ring (bicyclic) bond motifs is 2. The summed E-state index contributed by atoms with van der Waals surface area (Å²) >= 11 is 0. The topological polar surface area (TPSA) is 69.7 Å². The van der Waals surface area contributed by atoms with E-state index in [4.69, 9.17) is 0 Å². The third-order valence-corrected chi connectivity index (χ3v) is 3.83. The molecule has 2 bridgehead atoms. The molecule has 3 aliphatic carbocycles. The van der Waals surface area contributed by atoms with E-state index in [1.165, 1.54) is 14.2 Å². The van der Waals surface area contributed by atoms with Gasteiger partial charge in [-0.2, -0.15) is 0 Å². The Morgan fingerprint density at radius 3 is 1.81 bits per heavy atom. The Kier molecular flexibility index (Phi) is 2.29. The molecule has 2 atom stereocenters. The predicted molar refractivity (Wildman–Crippen MR) is 52.4 cm³/mol. The number of carbonyl (C=O) groups excluding carboxylic acids is 3. The number of hydrogen-bond acceptors (Lipinski definition) is 5. The number of ketones is 1. The Morgan fingerprint density at radius 1 is 1.06 bits per heavy atom. The Hall–Kier alpha value is -1.39. The first-order valence-electron chi connectivity index (χ1n) is 5.25. The summed E-state index contributed by atoms with van der Waals surface area (Å²) in [4.78, 5) is 35.3. The molecule has 3 saturated carbocycles. The molecule has 2 unspecified atom stereocenters. The lowest BCUT2D eigenvalue weighted by Crippen LogP contribution is -2.67. The van der Waals surface area contributed by atoms with Gasteiger partial charge in [-0.3, -0.25) is 14.4 Å². The van der Waals surface area contributed by atoms with Crippen LogP contribution in [0.5, 0.6) is 0 Å². The molecule has 16 heavy (non-hydrogen) atoms. The molecular weight excluding hydrogens is 212 g/mol. The first-order valence-corrected chi connectivity index (χ1v) is 5.25. The van der Waals surface area contributed by atoms with Gasteiger partial charge in [-0.1, -0.05) is 6.42 Å². The number of esters is 2. The predicted octanol–water partition coefficient (Wildman–Crippen LogP) is 0.462. The average Bonchev–Trinajstić information content (AvgIpc) is 2.35. The van der Waals surface area contributed by atoms with E-state index in [1.54, 1.807) is 0 Å². The Bertz CT molecular complexity index is 343. The van der Waals surface area contributed by atoms with Crippen molar-refractivity contribution in [1.29, 1.82) is 0 Å². The molecule has 0 radical (unpaired) electrons. The number of carbonyl (C=O) groups is 3. The second-order valence-corrected chi connectivity index (χ2v) is 4.51. The lowest BCUT2D eigenvalue weighted by Gasteiger charge is -2.54. The van der Waals surface area contributed by atoms with Crippen LogP contribution in [-0.2, 0) is 23.9 Å². The molecule has 0 spiro atoms. The van der Waals surface area contributed by atoms with E-state index in [1.807, 2.05) is 0 Å². The van der Waals surface area contributed by atoms with E-state index >= 15 is 0 Å². The van der Waals surface area contributed by atoms with E-state index in [9.17, 15) is 14.4 Å². The van der Waals surface area contributed by atoms with Crippen molar-refractivity contribution in [3.8, 4) is 0 Å². The first-order chi connectivity index (χ1) is 7.53. The molecule has 5 heteroatoms. The van der Waals surface area contributed by atoms with Gasteiger partial charge < -0.3 is 9.47 Å². The van der Waals surface area contributed by atoms with E-state index < -0.39 is 22.8 Å². The lowest BCUT2D eigenvalue weighted by molar-refractivity contribution is -0.195. The van der Waals surface area contributed by atoms with Crippen molar-refractivity contribution in [2.45, 2.75) is 25.7 Å². The van der Waals surface area contributed by atoms with Gasteiger partial charge in [0.1, 0.15) is 10.8 Å². The Balaban J connectivity index is 2.30. The zero-order valence-corrected chi connectivity index (χ0v) is 9.37. The van der Waals surface area contributed by atoms with Crippen LogP contribution in [0.4, 0.5) is 0 Å². The third-order valence-electron chi connectivity index (χ3n) is 3.83. The number of methoxy groups -OCH3 is 2. The third kappa shape index (κ3) is 1.03. The number of hydrogen-bond donors (Lipinski definition) is 0. The van der Waals surface area contributed by atoms with Crippen LogP contribution >= 0.6 is 0 Å². The summed E-state index contributed by atoms with van der Waals surface area (Å²) in [7, 11) is 2.52. The molecule has 0 heterocycles. The van der Waals surface area contributed by atoms with Crippen LogP contribution in [0.3, 0.4) is 0 Å². The van der Waals surface area contributed by atoms with Crippen LogP contribution in [-0.4, -0.2) is 31.9 Å². The van der Waals surface area contributed by atoms with E-state index in [-0.39, 0.29) is 12.2 Å². The number of rotatable bonds is 2. The molecule has 0 aliphatic heterocycles. The minimum absolute atomic E-state index is 0.248. The monoisotopic (exact) mass is 226 g/mol. The summed E-state index contributed by atoms with van der Waals surface area (Å²) in [5.74, 6) is -1.35. The van der Waals surface area contributed by atoms with Crippen molar-refractivity contribution in [1.82, 2.24) is 0 Å². The number of ether oxygens (including phenoxy) is 2. The first kappa shape index (κ1) is 11.1. The van der Waals surface area contributed by atoms with Gasteiger partial charge in [-0.05, 0) is 19.3 Å². The molecule has 3 rings (SSSR count). The van der Waals surface area contributed by atoms with Gasteiger partial charge in [-0.25, -0.2) is 0 Å². The van der Waals surface area contributed by atoms with Gasteiger partial charge >= 0.3 is 11.9 Å². The Morgan fingerprint density at radius 2 is 1.50 bits per heavy atom. The minimum atomic E-state index is -1.07. The summed E-state index contributed by atoms with van der Waals surface area (Å²) in [6.45, 7) is 0. The standard InChI is InChI=1S/C11H14O5/c1-15-8(13)10-4-3-5-11(6-10,7(10)12)9(14)16-2/h3-6H2,1-2H3. The summed E-state index contributed by atoms with van der Waals surface area (Å²) in [5.41, 5.74) is -2.14. The fraction of sp³-hybridized carbons (Fsp3) is 0.727. The molecule has 3 aliphatic rings. The maximum Gasteiger partial charge on any atom is 0.319 e. The zero-order chi connectivity index (χ0) is 12.0. The van der Waals surface area contributed by atoms with Gasteiger partial charge in [0.25, 0.3) is 0 Å². The van der Waals surface area contributed by atoms with Gasteiger partial charge in [0, 0.05) is 0 Å². The number of Topliss-reactive ketones (excluding diaryl/α,β-unsaturated/α-hetero) is 1. The highest BCUT2D eigenvalue weighted by Gasteiger charge is 2.73. The fourth-order valence-electron chi connectivity index (χ4n) is 3.05. The van der Waals surface area contributed by atoms with Gasteiger partial charge in [0.2, 0.25) is 0 Å². The van der Waals surface area contributed by atoms with Crippen molar-refractivity contribution in [2.24, 2.45) is 10.8 Å². The zero-order valence-electron chi connectivity index (χ0n) is 9.37. The molecule has 0 saturated heterocycles. The molecule has 3 fully saturated rings. The van der Waals surface area contributed by atoms with Crippen molar-refractivity contribution in [3.05, 3.63) is 0 Å². The van der Waals surface area contributed by atoms with E-state index in [2.05, 4.69) is 9.47 Å². The van der Waals surface area contributed by atoms with Crippen LogP contribution in [0.2, 0.25) is 0 Å². The highest BCUT2D eigenvalue weighted by atomic mass is 16.5. The highest BCUT2D eigenvalue weighted by Crippen LogP contribution is 2.61. The van der Waals surface area contributed by atoms with Crippen LogP contribution in [0, 0.1) is 10.8 Å². The molecule has 5 nitrogen and oxygen atoms in total. The van der Waals surface area contributed by atoms with Crippen molar-refractivity contribution >= 4 is 17.7 Å². The van der Waals surface area contributed by atoms with Crippen LogP contribution in [0.15, 0.2) is 0 Å².